The van der Waals surface area contributed by atoms with Gasteiger partial charge < -0.3 is 10.1 Å². The van der Waals surface area contributed by atoms with Crippen LogP contribution >= 0.6 is 15.9 Å². The largest absolute Gasteiger partial charge is 0.439 e. The van der Waals surface area contributed by atoms with Crippen LogP contribution in [0.15, 0.2) is 41.0 Å². The van der Waals surface area contributed by atoms with Crippen molar-refractivity contribution in [3.63, 3.8) is 0 Å². The van der Waals surface area contributed by atoms with Gasteiger partial charge in [0.25, 0.3) is 0 Å². The van der Waals surface area contributed by atoms with Crippen molar-refractivity contribution in [3.8, 4) is 11.6 Å². The zero-order valence-electron chi connectivity index (χ0n) is 11.8. The highest BCUT2D eigenvalue weighted by Gasteiger charge is 2.02. The van der Waals surface area contributed by atoms with Crippen molar-refractivity contribution in [3.05, 3.63) is 52.1 Å². The van der Waals surface area contributed by atoms with Crippen LogP contribution in [-0.4, -0.2) is 11.5 Å². The van der Waals surface area contributed by atoms with Gasteiger partial charge in [0.15, 0.2) is 0 Å². The summed E-state index contributed by atoms with van der Waals surface area (Å²) in [4.78, 5) is 4.25. The van der Waals surface area contributed by atoms with E-state index >= 15 is 0 Å². The highest BCUT2D eigenvalue weighted by molar-refractivity contribution is 9.10. The second-order valence-electron chi connectivity index (χ2n) is 4.69. The Morgan fingerprint density at radius 1 is 1.25 bits per heavy atom. The molecule has 0 fully saturated rings. The summed E-state index contributed by atoms with van der Waals surface area (Å²) in [6.45, 7) is 6.05. The van der Waals surface area contributed by atoms with E-state index < -0.39 is 0 Å². The topological polar surface area (TPSA) is 34.2 Å². The van der Waals surface area contributed by atoms with Gasteiger partial charge in [0.05, 0.1) is 0 Å². The Labute approximate surface area is 128 Å². The third-order valence-electron chi connectivity index (χ3n) is 2.91. The van der Waals surface area contributed by atoms with Crippen molar-refractivity contribution in [1.29, 1.82) is 0 Å². The fraction of sp³-hybridized carbons (Fsp3) is 0.312. The van der Waals surface area contributed by atoms with Crippen LogP contribution in [0.25, 0.3) is 0 Å². The first-order valence-electron chi connectivity index (χ1n) is 6.78. The number of hydrogen-bond donors (Lipinski definition) is 1. The first-order chi connectivity index (χ1) is 9.69. The molecule has 2 aromatic rings. The molecule has 106 valence electrons. The van der Waals surface area contributed by atoms with Gasteiger partial charge >= 0.3 is 0 Å². The average molecular weight is 335 g/mol. The summed E-state index contributed by atoms with van der Waals surface area (Å²) in [5.41, 5.74) is 2.32. The van der Waals surface area contributed by atoms with Crippen LogP contribution in [0.1, 0.15) is 24.5 Å². The van der Waals surface area contributed by atoms with Crippen LogP contribution in [0.2, 0.25) is 0 Å². The molecule has 3 nitrogen and oxygen atoms in total. The van der Waals surface area contributed by atoms with Gasteiger partial charge in [0.1, 0.15) is 5.75 Å². The molecule has 0 spiro atoms. The number of hydrogen-bond acceptors (Lipinski definition) is 3. The molecule has 1 heterocycles. The van der Waals surface area contributed by atoms with Gasteiger partial charge in [0, 0.05) is 23.3 Å². The maximum atomic E-state index is 5.80. The predicted molar refractivity (Wildman–Crippen MR) is 85.2 cm³/mol. The van der Waals surface area contributed by atoms with E-state index in [1.54, 1.807) is 6.20 Å². The van der Waals surface area contributed by atoms with Gasteiger partial charge in [-0.05, 0) is 55.3 Å². The Morgan fingerprint density at radius 3 is 2.85 bits per heavy atom. The van der Waals surface area contributed by atoms with Crippen LogP contribution in [0, 0.1) is 6.92 Å². The molecule has 0 atom stereocenters. The lowest BCUT2D eigenvalue weighted by Gasteiger charge is -2.08. The molecular formula is C16H19BrN2O. The number of aromatic nitrogens is 1. The first-order valence-corrected chi connectivity index (χ1v) is 7.58. The molecule has 0 bridgehead atoms. The maximum absolute atomic E-state index is 5.80. The smallest absolute Gasteiger partial charge is 0.219 e. The third-order valence-corrected chi connectivity index (χ3v) is 3.80. The van der Waals surface area contributed by atoms with E-state index in [2.05, 4.69) is 33.2 Å². The second kappa shape index (κ2) is 7.41. The normalized spacial score (nSPS) is 10.6. The van der Waals surface area contributed by atoms with Crippen molar-refractivity contribution in [2.75, 3.05) is 6.54 Å². The summed E-state index contributed by atoms with van der Waals surface area (Å²) >= 11 is 3.48. The minimum absolute atomic E-state index is 0.627. The molecule has 0 aliphatic rings. The number of halogens is 1. The first kappa shape index (κ1) is 15.0. The lowest BCUT2D eigenvalue weighted by molar-refractivity contribution is 0.461. The summed E-state index contributed by atoms with van der Waals surface area (Å²) in [5.74, 6) is 1.43. The molecule has 0 amide bonds. The van der Waals surface area contributed by atoms with Crippen molar-refractivity contribution >= 4 is 15.9 Å². The van der Waals surface area contributed by atoms with Crippen molar-refractivity contribution in [2.45, 2.75) is 26.8 Å². The summed E-state index contributed by atoms with van der Waals surface area (Å²) in [7, 11) is 0. The Balaban J connectivity index is 2.05. The van der Waals surface area contributed by atoms with Crippen LogP contribution in [0.5, 0.6) is 11.6 Å². The van der Waals surface area contributed by atoms with E-state index in [0.717, 1.165) is 35.3 Å². The quantitative estimate of drug-likeness (QED) is 0.792. The zero-order chi connectivity index (χ0) is 14.4. The van der Waals surface area contributed by atoms with Crippen molar-refractivity contribution in [1.82, 2.24) is 10.3 Å². The number of nitrogens with one attached hydrogen (secondary N) is 1. The van der Waals surface area contributed by atoms with Crippen molar-refractivity contribution in [2.24, 2.45) is 0 Å². The van der Waals surface area contributed by atoms with E-state index in [1.807, 2.05) is 37.3 Å². The third kappa shape index (κ3) is 4.32. The molecule has 0 aliphatic carbocycles. The van der Waals surface area contributed by atoms with Gasteiger partial charge in [-0.1, -0.05) is 22.9 Å². The summed E-state index contributed by atoms with van der Waals surface area (Å²) in [6.07, 6.45) is 2.91. The molecule has 20 heavy (non-hydrogen) atoms. The van der Waals surface area contributed by atoms with Crippen LogP contribution in [0.4, 0.5) is 0 Å². The Morgan fingerprint density at radius 2 is 2.10 bits per heavy atom. The van der Waals surface area contributed by atoms with Gasteiger partial charge in [-0.25, -0.2) is 4.98 Å². The average Bonchev–Trinajstić information content (AvgIpc) is 2.44. The number of rotatable bonds is 6. The molecule has 1 N–H and O–H groups in total. The van der Waals surface area contributed by atoms with Crippen LogP contribution in [-0.2, 0) is 6.54 Å². The number of aryl methyl sites for hydroxylation is 1. The second-order valence-corrected chi connectivity index (χ2v) is 5.55. The molecule has 0 saturated heterocycles. The van der Waals surface area contributed by atoms with Crippen molar-refractivity contribution < 1.29 is 4.74 Å². The Kier molecular flexibility index (Phi) is 5.56. The molecule has 1 aromatic heterocycles. The van der Waals surface area contributed by atoms with Crippen LogP contribution < -0.4 is 10.1 Å². The molecule has 4 heteroatoms. The number of benzene rings is 1. The SMILES string of the molecule is CCCNCc1ccnc(Oc2ccc(Br)c(C)c2)c1. The molecule has 0 aliphatic heterocycles. The highest BCUT2D eigenvalue weighted by Crippen LogP contribution is 2.25. The number of pyridine rings is 1. The summed E-state index contributed by atoms with van der Waals surface area (Å²) in [6, 6.07) is 9.88. The Hall–Kier alpha value is -1.39. The zero-order valence-corrected chi connectivity index (χ0v) is 13.4. The minimum atomic E-state index is 0.627. The fourth-order valence-corrected chi connectivity index (χ4v) is 2.07. The Bertz CT molecular complexity index is 572. The van der Waals surface area contributed by atoms with E-state index in [9.17, 15) is 0 Å². The lowest BCUT2D eigenvalue weighted by atomic mass is 10.2. The molecular weight excluding hydrogens is 316 g/mol. The van der Waals surface area contributed by atoms with Gasteiger partial charge in [-0.3, -0.25) is 0 Å². The molecule has 0 unspecified atom stereocenters. The standard InChI is InChI=1S/C16H19BrN2O/c1-3-7-18-11-13-6-8-19-16(10-13)20-14-4-5-15(17)12(2)9-14/h4-6,8-10,18H,3,7,11H2,1-2H3. The molecule has 0 radical (unpaired) electrons. The molecule has 1 aromatic carbocycles. The van der Waals surface area contributed by atoms with Gasteiger partial charge in [-0.2, -0.15) is 0 Å². The van der Waals surface area contributed by atoms with E-state index in [0.29, 0.717) is 5.88 Å². The number of ether oxygens (including phenoxy) is 1. The lowest BCUT2D eigenvalue weighted by Crippen LogP contribution is -2.13. The molecule has 0 saturated carbocycles. The minimum Gasteiger partial charge on any atom is -0.439 e. The summed E-state index contributed by atoms with van der Waals surface area (Å²) in [5, 5.41) is 3.37. The molecule has 2 rings (SSSR count). The van der Waals surface area contributed by atoms with Crippen LogP contribution in [0.3, 0.4) is 0 Å². The van der Waals surface area contributed by atoms with Gasteiger partial charge in [0.2, 0.25) is 5.88 Å². The van der Waals surface area contributed by atoms with E-state index in [-0.39, 0.29) is 0 Å². The van der Waals surface area contributed by atoms with E-state index in [4.69, 9.17) is 4.74 Å². The number of nitrogens with zero attached hydrogens (tertiary/aromatic N) is 1. The summed E-state index contributed by atoms with van der Waals surface area (Å²) < 4.78 is 6.88. The van der Waals surface area contributed by atoms with E-state index in [1.165, 1.54) is 5.56 Å². The monoisotopic (exact) mass is 334 g/mol. The maximum Gasteiger partial charge on any atom is 0.219 e. The highest BCUT2D eigenvalue weighted by atomic mass is 79.9. The fourth-order valence-electron chi connectivity index (χ4n) is 1.83. The van der Waals surface area contributed by atoms with Gasteiger partial charge in [-0.15, -0.1) is 0 Å². The predicted octanol–water partition coefficient (Wildman–Crippen LogP) is 4.44.